The van der Waals surface area contributed by atoms with Crippen molar-refractivity contribution in [1.29, 1.82) is 0 Å². The molecule has 1 heterocycles. The summed E-state index contributed by atoms with van der Waals surface area (Å²) in [5.74, 6) is -1.06. The van der Waals surface area contributed by atoms with E-state index < -0.39 is 12.0 Å². The zero-order valence-corrected chi connectivity index (χ0v) is 12.0. The van der Waals surface area contributed by atoms with Crippen molar-refractivity contribution in [2.75, 3.05) is 38.8 Å². The minimum absolute atomic E-state index is 0.0908. The smallest absolute Gasteiger partial charge is 0.338 e. The summed E-state index contributed by atoms with van der Waals surface area (Å²) >= 11 is 1.17. The molecule has 0 aromatic carbocycles. The van der Waals surface area contributed by atoms with Crippen LogP contribution in [0.25, 0.3) is 0 Å². The number of hydrogen-bond acceptors (Lipinski definition) is 5. The largest absolute Gasteiger partial charge is 0.478 e. The summed E-state index contributed by atoms with van der Waals surface area (Å²) in [5.41, 5.74) is 0.0908. The summed E-state index contributed by atoms with van der Waals surface area (Å²) in [6.07, 6.45) is 0.674. The number of carboxylic acids is 1. The van der Waals surface area contributed by atoms with E-state index in [2.05, 4.69) is 10.6 Å². The third-order valence-corrected chi connectivity index (χ3v) is 3.14. The molecule has 3 N–H and O–H groups in total. The van der Waals surface area contributed by atoms with Crippen molar-refractivity contribution in [3.63, 3.8) is 0 Å². The van der Waals surface area contributed by atoms with Gasteiger partial charge in [0, 0.05) is 20.3 Å². The molecule has 1 aromatic heterocycles. The van der Waals surface area contributed by atoms with Crippen molar-refractivity contribution in [1.82, 2.24) is 5.32 Å². The number of methoxy groups -OCH3 is 1. The molecule has 0 aliphatic rings. The molecule has 7 nitrogen and oxygen atoms in total. The number of carboxylic acid groups (broad SMARTS) is 1. The number of nitrogens with one attached hydrogen (secondary N) is 2. The first-order valence-electron chi connectivity index (χ1n) is 6.07. The molecule has 0 bridgehead atoms. The molecule has 0 spiro atoms. The number of anilines is 1. The van der Waals surface area contributed by atoms with Crippen molar-refractivity contribution in [2.45, 2.75) is 6.42 Å². The maximum absolute atomic E-state index is 11.6. The van der Waals surface area contributed by atoms with E-state index in [9.17, 15) is 9.59 Å². The molecule has 2 amide bonds. The van der Waals surface area contributed by atoms with Crippen LogP contribution in [0, 0.1) is 0 Å². The Balaban J connectivity index is 2.17. The summed E-state index contributed by atoms with van der Waals surface area (Å²) in [6, 6.07) is 1.03. The number of hydrogen-bond donors (Lipinski definition) is 3. The van der Waals surface area contributed by atoms with Crippen LogP contribution in [0.5, 0.6) is 0 Å². The SMILES string of the molecule is COCCOCCCNC(=O)Nc1sccc1C(=O)O. The Kier molecular flexibility index (Phi) is 7.63. The molecule has 0 saturated carbocycles. The van der Waals surface area contributed by atoms with Crippen molar-refractivity contribution >= 4 is 28.3 Å². The molecule has 8 heteroatoms. The van der Waals surface area contributed by atoms with Gasteiger partial charge in [-0.05, 0) is 17.9 Å². The van der Waals surface area contributed by atoms with Gasteiger partial charge in [0.2, 0.25) is 0 Å². The molecule has 0 saturated heterocycles. The lowest BCUT2D eigenvalue weighted by Gasteiger charge is -2.07. The monoisotopic (exact) mass is 302 g/mol. The lowest BCUT2D eigenvalue weighted by atomic mass is 10.3. The van der Waals surface area contributed by atoms with Gasteiger partial charge in [-0.3, -0.25) is 5.32 Å². The van der Waals surface area contributed by atoms with E-state index in [1.807, 2.05) is 0 Å². The Bertz CT molecular complexity index is 435. The van der Waals surface area contributed by atoms with Gasteiger partial charge < -0.3 is 19.9 Å². The fourth-order valence-corrected chi connectivity index (χ4v) is 2.12. The van der Waals surface area contributed by atoms with Crippen LogP contribution in [0.2, 0.25) is 0 Å². The van der Waals surface area contributed by atoms with E-state index in [1.165, 1.54) is 17.4 Å². The summed E-state index contributed by atoms with van der Waals surface area (Å²) in [6.45, 7) is 2.06. The number of carbonyl (C=O) groups is 2. The Hall–Kier alpha value is -1.64. The molecule has 112 valence electrons. The molecule has 20 heavy (non-hydrogen) atoms. The predicted molar refractivity (Wildman–Crippen MR) is 75.6 cm³/mol. The molecule has 1 aromatic rings. The number of urea groups is 1. The third kappa shape index (κ3) is 6.00. The van der Waals surface area contributed by atoms with Gasteiger partial charge >= 0.3 is 12.0 Å². The second-order valence-electron chi connectivity index (χ2n) is 3.81. The van der Waals surface area contributed by atoms with E-state index in [0.717, 1.165) is 0 Å². The Morgan fingerprint density at radius 2 is 2.15 bits per heavy atom. The second kappa shape index (κ2) is 9.29. The van der Waals surface area contributed by atoms with Gasteiger partial charge in [0.1, 0.15) is 5.00 Å². The van der Waals surface area contributed by atoms with Gasteiger partial charge in [0.05, 0.1) is 18.8 Å². The minimum Gasteiger partial charge on any atom is -0.478 e. The molecule has 0 atom stereocenters. The van der Waals surface area contributed by atoms with Crippen LogP contribution in [-0.4, -0.2) is 50.6 Å². The van der Waals surface area contributed by atoms with E-state index in [4.69, 9.17) is 14.6 Å². The van der Waals surface area contributed by atoms with Crippen LogP contribution in [-0.2, 0) is 9.47 Å². The molecule has 1 rings (SSSR count). The van der Waals surface area contributed by atoms with Crippen LogP contribution >= 0.6 is 11.3 Å². The molecular weight excluding hydrogens is 284 g/mol. The number of aromatic carboxylic acids is 1. The van der Waals surface area contributed by atoms with E-state index in [0.29, 0.717) is 37.8 Å². The summed E-state index contributed by atoms with van der Waals surface area (Å²) in [5, 5.41) is 16.0. The van der Waals surface area contributed by atoms with Crippen molar-refractivity contribution in [2.24, 2.45) is 0 Å². The van der Waals surface area contributed by atoms with Gasteiger partial charge in [-0.1, -0.05) is 0 Å². The van der Waals surface area contributed by atoms with Crippen LogP contribution in [0.3, 0.4) is 0 Å². The van der Waals surface area contributed by atoms with Gasteiger partial charge in [-0.25, -0.2) is 9.59 Å². The highest BCUT2D eigenvalue weighted by Crippen LogP contribution is 2.22. The fourth-order valence-electron chi connectivity index (χ4n) is 1.34. The van der Waals surface area contributed by atoms with E-state index in [1.54, 1.807) is 12.5 Å². The topological polar surface area (TPSA) is 96.9 Å². The number of carbonyl (C=O) groups excluding carboxylic acids is 1. The zero-order valence-electron chi connectivity index (χ0n) is 11.2. The standard InChI is InChI=1S/C12H18N2O5S/c1-18-6-7-19-5-2-4-13-12(17)14-10-9(11(15)16)3-8-20-10/h3,8H,2,4-7H2,1H3,(H,15,16)(H2,13,14,17). The summed E-state index contributed by atoms with van der Waals surface area (Å²) < 4.78 is 10.1. The van der Waals surface area contributed by atoms with Gasteiger partial charge in [-0.15, -0.1) is 11.3 Å². The second-order valence-corrected chi connectivity index (χ2v) is 4.72. The lowest BCUT2D eigenvalue weighted by Crippen LogP contribution is -2.30. The first-order valence-corrected chi connectivity index (χ1v) is 6.95. The number of rotatable bonds is 9. The zero-order chi connectivity index (χ0) is 14.8. The quantitative estimate of drug-likeness (QED) is 0.602. The summed E-state index contributed by atoms with van der Waals surface area (Å²) in [7, 11) is 1.60. The van der Waals surface area contributed by atoms with E-state index >= 15 is 0 Å². The Labute approximate surface area is 120 Å². The van der Waals surface area contributed by atoms with Crippen LogP contribution < -0.4 is 10.6 Å². The minimum atomic E-state index is -1.06. The van der Waals surface area contributed by atoms with Crippen molar-refractivity contribution in [3.8, 4) is 0 Å². The highest BCUT2D eigenvalue weighted by molar-refractivity contribution is 7.14. The predicted octanol–water partition coefficient (Wildman–Crippen LogP) is 1.62. The molecule has 0 unspecified atom stereocenters. The first-order chi connectivity index (χ1) is 9.65. The lowest BCUT2D eigenvalue weighted by molar-refractivity contribution is 0.0697. The third-order valence-electron chi connectivity index (χ3n) is 2.31. The first kappa shape index (κ1) is 16.4. The fraction of sp³-hybridized carbons (Fsp3) is 0.500. The maximum atomic E-state index is 11.6. The van der Waals surface area contributed by atoms with Crippen molar-refractivity contribution < 1.29 is 24.2 Å². The Morgan fingerprint density at radius 3 is 2.85 bits per heavy atom. The molecule has 0 aliphatic heterocycles. The average molecular weight is 302 g/mol. The van der Waals surface area contributed by atoms with Gasteiger partial charge in [-0.2, -0.15) is 0 Å². The van der Waals surface area contributed by atoms with Gasteiger partial charge in [0.25, 0.3) is 0 Å². The van der Waals surface area contributed by atoms with E-state index in [-0.39, 0.29) is 5.56 Å². The highest BCUT2D eigenvalue weighted by Gasteiger charge is 2.13. The average Bonchev–Trinajstić information content (AvgIpc) is 2.86. The molecule has 0 aliphatic carbocycles. The molecule has 0 fully saturated rings. The molecular formula is C12H18N2O5S. The Morgan fingerprint density at radius 1 is 1.35 bits per heavy atom. The number of ether oxygens (including phenoxy) is 2. The van der Waals surface area contributed by atoms with Crippen LogP contribution in [0.4, 0.5) is 9.80 Å². The maximum Gasteiger partial charge on any atom is 0.338 e. The summed E-state index contributed by atoms with van der Waals surface area (Å²) in [4.78, 5) is 22.4. The van der Waals surface area contributed by atoms with Crippen LogP contribution in [0.15, 0.2) is 11.4 Å². The van der Waals surface area contributed by atoms with Crippen molar-refractivity contribution in [3.05, 3.63) is 17.0 Å². The van der Waals surface area contributed by atoms with Crippen LogP contribution in [0.1, 0.15) is 16.8 Å². The van der Waals surface area contributed by atoms with Gasteiger partial charge in [0.15, 0.2) is 0 Å². The molecule has 0 radical (unpaired) electrons. The number of thiophene rings is 1. The normalized spacial score (nSPS) is 10.2. The highest BCUT2D eigenvalue weighted by atomic mass is 32.1. The number of amides is 2.